The van der Waals surface area contributed by atoms with Gasteiger partial charge in [0.1, 0.15) is 17.7 Å². The van der Waals surface area contributed by atoms with E-state index in [1.54, 1.807) is 11.3 Å². The minimum Gasteiger partial charge on any atom is -0.328 e. The van der Waals surface area contributed by atoms with Crippen molar-refractivity contribution in [1.82, 2.24) is 14.8 Å². The van der Waals surface area contributed by atoms with Gasteiger partial charge in [-0.25, -0.2) is 9.67 Å². The van der Waals surface area contributed by atoms with Crippen LogP contribution in [0.15, 0.2) is 12.1 Å². The second kappa shape index (κ2) is 4.35. The van der Waals surface area contributed by atoms with Gasteiger partial charge in [-0.15, -0.1) is 11.3 Å². The van der Waals surface area contributed by atoms with Crippen LogP contribution in [0.25, 0.3) is 0 Å². The van der Waals surface area contributed by atoms with Crippen LogP contribution in [0.3, 0.4) is 0 Å². The predicted octanol–water partition coefficient (Wildman–Crippen LogP) is 1.81. The molecule has 0 saturated carbocycles. The Morgan fingerprint density at radius 2 is 2.12 bits per heavy atom. The molecular weight excluding hydrogens is 220 g/mol. The van der Waals surface area contributed by atoms with Gasteiger partial charge in [0.2, 0.25) is 0 Å². The second-order valence-electron chi connectivity index (χ2n) is 3.85. The van der Waals surface area contributed by atoms with E-state index in [2.05, 4.69) is 29.1 Å². The molecule has 4 nitrogen and oxygen atoms in total. The maximum Gasteiger partial charge on any atom is 0.147 e. The van der Waals surface area contributed by atoms with E-state index in [-0.39, 0.29) is 6.04 Å². The molecule has 1 unspecified atom stereocenters. The minimum atomic E-state index is 0.111. The van der Waals surface area contributed by atoms with Crippen molar-refractivity contribution < 1.29 is 0 Å². The highest BCUT2D eigenvalue weighted by Gasteiger charge is 2.17. The molecule has 2 N–H and O–H groups in total. The molecule has 0 bridgehead atoms. The summed E-state index contributed by atoms with van der Waals surface area (Å²) in [7, 11) is 0. The summed E-state index contributed by atoms with van der Waals surface area (Å²) >= 11 is 1.76. The maximum absolute atomic E-state index is 5.84. The van der Waals surface area contributed by atoms with E-state index in [1.807, 2.05) is 18.5 Å². The average Bonchev–Trinajstić information content (AvgIpc) is 2.76. The molecule has 0 aromatic carbocycles. The Labute approximate surface area is 99.1 Å². The Bertz CT molecular complexity index is 486. The SMILES string of the molecule is Cc1nc(C)n(C(CN)c2ccc(C)s2)n1. The van der Waals surface area contributed by atoms with Gasteiger partial charge in [0.15, 0.2) is 0 Å². The number of hydrogen-bond acceptors (Lipinski definition) is 4. The van der Waals surface area contributed by atoms with Gasteiger partial charge >= 0.3 is 0 Å². The van der Waals surface area contributed by atoms with Crippen molar-refractivity contribution in [3.8, 4) is 0 Å². The van der Waals surface area contributed by atoms with E-state index in [9.17, 15) is 0 Å². The van der Waals surface area contributed by atoms with E-state index in [4.69, 9.17) is 5.73 Å². The van der Waals surface area contributed by atoms with Gasteiger partial charge in [0.05, 0.1) is 0 Å². The van der Waals surface area contributed by atoms with Gasteiger partial charge in [-0.1, -0.05) is 0 Å². The normalized spacial score (nSPS) is 13.0. The zero-order valence-electron chi connectivity index (χ0n) is 9.77. The third-order valence-corrected chi connectivity index (χ3v) is 3.62. The first-order chi connectivity index (χ1) is 7.61. The lowest BCUT2D eigenvalue weighted by atomic mass is 10.2. The van der Waals surface area contributed by atoms with Crippen LogP contribution in [0, 0.1) is 20.8 Å². The quantitative estimate of drug-likeness (QED) is 0.884. The third-order valence-electron chi connectivity index (χ3n) is 2.52. The molecule has 1 atom stereocenters. The van der Waals surface area contributed by atoms with Crippen LogP contribution in [0.2, 0.25) is 0 Å². The summed E-state index contributed by atoms with van der Waals surface area (Å²) in [5.74, 6) is 1.71. The van der Waals surface area contributed by atoms with Gasteiger partial charge in [-0.05, 0) is 32.9 Å². The molecule has 0 amide bonds. The summed E-state index contributed by atoms with van der Waals surface area (Å²) in [4.78, 5) is 6.85. The molecule has 0 aliphatic heterocycles. The first-order valence-electron chi connectivity index (χ1n) is 5.28. The van der Waals surface area contributed by atoms with Crippen molar-refractivity contribution in [3.63, 3.8) is 0 Å². The predicted molar refractivity (Wildman–Crippen MR) is 65.7 cm³/mol. The molecule has 0 spiro atoms. The zero-order valence-corrected chi connectivity index (χ0v) is 10.6. The van der Waals surface area contributed by atoms with Crippen molar-refractivity contribution in [2.24, 2.45) is 5.73 Å². The van der Waals surface area contributed by atoms with Gasteiger partial charge in [0, 0.05) is 16.3 Å². The van der Waals surface area contributed by atoms with Crippen molar-refractivity contribution in [2.75, 3.05) is 6.54 Å². The molecule has 16 heavy (non-hydrogen) atoms. The van der Waals surface area contributed by atoms with Crippen molar-refractivity contribution in [1.29, 1.82) is 0 Å². The molecule has 0 aliphatic rings. The lowest BCUT2D eigenvalue weighted by Crippen LogP contribution is -2.21. The molecule has 2 aromatic heterocycles. The summed E-state index contributed by atoms with van der Waals surface area (Å²) in [5.41, 5.74) is 5.84. The first kappa shape index (κ1) is 11.3. The molecule has 2 heterocycles. The maximum atomic E-state index is 5.84. The van der Waals surface area contributed by atoms with E-state index in [0.717, 1.165) is 11.6 Å². The summed E-state index contributed by atoms with van der Waals surface area (Å²) in [5, 5.41) is 4.40. The summed E-state index contributed by atoms with van der Waals surface area (Å²) in [6.07, 6.45) is 0. The smallest absolute Gasteiger partial charge is 0.147 e. The van der Waals surface area contributed by atoms with Crippen LogP contribution in [-0.2, 0) is 0 Å². The fourth-order valence-electron chi connectivity index (χ4n) is 1.80. The number of hydrogen-bond donors (Lipinski definition) is 1. The van der Waals surface area contributed by atoms with Crippen molar-refractivity contribution in [3.05, 3.63) is 33.5 Å². The van der Waals surface area contributed by atoms with E-state index in [1.165, 1.54) is 9.75 Å². The lowest BCUT2D eigenvalue weighted by Gasteiger charge is -2.14. The summed E-state index contributed by atoms with van der Waals surface area (Å²) in [6, 6.07) is 4.34. The Morgan fingerprint density at radius 3 is 2.56 bits per heavy atom. The van der Waals surface area contributed by atoms with Gasteiger partial charge in [-0.3, -0.25) is 0 Å². The molecule has 0 fully saturated rings. The highest BCUT2D eigenvalue weighted by Crippen LogP contribution is 2.25. The van der Waals surface area contributed by atoms with Crippen molar-refractivity contribution in [2.45, 2.75) is 26.8 Å². The fourth-order valence-corrected chi connectivity index (χ4v) is 2.78. The fraction of sp³-hybridized carbons (Fsp3) is 0.455. The summed E-state index contributed by atoms with van der Waals surface area (Å²) in [6.45, 7) is 6.50. The van der Waals surface area contributed by atoms with Crippen LogP contribution >= 0.6 is 11.3 Å². The van der Waals surface area contributed by atoms with E-state index < -0.39 is 0 Å². The van der Waals surface area contributed by atoms with Gasteiger partial charge < -0.3 is 5.73 Å². The molecule has 5 heteroatoms. The third kappa shape index (κ3) is 2.01. The van der Waals surface area contributed by atoms with Crippen LogP contribution in [0.4, 0.5) is 0 Å². The van der Waals surface area contributed by atoms with Crippen LogP contribution in [0.5, 0.6) is 0 Å². The van der Waals surface area contributed by atoms with E-state index >= 15 is 0 Å². The number of nitrogens with zero attached hydrogens (tertiary/aromatic N) is 3. The standard InChI is InChI=1S/C11H16N4S/c1-7-4-5-11(16-7)10(6-12)15-9(3)13-8(2)14-15/h4-5,10H,6,12H2,1-3H3. The van der Waals surface area contributed by atoms with Crippen molar-refractivity contribution >= 4 is 11.3 Å². The number of nitrogens with two attached hydrogens (primary N) is 1. The van der Waals surface area contributed by atoms with Gasteiger partial charge in [-0.2, -0.15) is 5.10 Å². The van der Waals surface area contributed by atoms with Gasteiger partial charge in [0.25, 0.3) is 0 Å². The molecule has 0 saturated heterocycles. The second-order valence-corrected chi connectivity index (χ2v) is 5.17. The monoisotopic (exact) mass is 236 g/mol. The van der Waals surface area contributed by atoms with Crippen LogP contribution in [0.1, 0.15) is 27.4 Å². The molecule has 2 rings (SSSR count). The van der Waals surface area contributed by atoms with Crippen LogP contribution < -0.4 is 5.73 Å². The highest BCUT2D eigenvalue weighted by molar-refractivity contribution is 7.12. The molecule has 86 valence electrons. The van der Waals surface area contributed by atoms with Crippen LogP contribution in [-0.4, -0.2) is 21.3 Å². The largest absolute Gasteiger partial charge is 0.328 e. The number of aromatic nitrogens is 3. The Balaban J connectivity index is 2.40. The average molecular weight is 236 g/mol. The minimum absolute atomic E-state index is 0.111. The lowest BCUT2D eigenvalue weighted by molar-refractivity contribution is 0.522. The Morgan fingerprint density at radius 1 is 1.38 bits per heavy atom. The highest BCUT2D eigenvalue weighted by atomic mass is 32.1. The Kier molecular flexibility index (Phi) is 3.07. The molecule has 2 aromatic rings. The molecule has 0 radical (unpaired) electrons. The molecular formula is C11H16N4S. The zero-order chi connectivity index (χ0) is 11.7. The van der Waals surface area contributed by atoms with E-state index in [0.29, 0.717) is 6.54 Å². The topological polar surface area (TPSA) is 56.7 Å². The first-order valence-corrected chi connectivity index (χ1v) is 6.09. The number of thiophene rings is 1. The summed E-state index contributed by atoms with van der Waals surface area (Å²) < 4.78 is 1.92. The number of rotatable bonds is 3. The molecule has 0 aliphatic carbocycles. The number of aryl methyl sites for hydroxylation is 3. The Hall–Kier alpha value is -1.20.